The van der Waals surface area contributed by atoms with Crippen LogP contribution >= 0.6 is 22.6 Å². The van der Waals surface area contributed by atoms with E-state index in [-0.39, 0.29) is 22.8 Å². The summed E-state index contributed by atoms with van der Waals surface area (Å²) in [4.78, 5) is 37.7. The van der Waals surface area contributed by atoms with Gasteiger partial charge in [0.05, 0.1) is 16.4 Å². The van der Waals surface area contributed by atoms with Gasteiger partial charge in [0.25, 0.3) is 11.8 Å². The Kier molecular flexibility index (Phi) is 5.13. The number of imide groups is 2. The van der Waals surface area contributed by atoms with Crippen molar-refractivity contribution in [2.45, 2.75) is 0 Å². The summed E-state index contributed by atoms with van der Waals surface area (Å²) in [6.45, 7) is 0. The van der Waals surface area contributed by atoms with Gasteiger partial charge < -0.3 is 9.84 Å². The predicted octanol–water partition coefficient (Wildman–Crippen LogP) is 2.81. The first-order valence-corrected chi connectivity index (χ1v) is 8.63. The predicted molar refractivity (Wildman–Crippen MR) is 103 cm³/mol. The molecule has 0 radical (unpaired) electrons. The SMILES string of the molecule is COc1cc(/C=C2/C(=O)NC(=O)N(c3ccc(F)cc3)C2=O)cc(I)c1O. The molecular formula is C18H12FIN2O5. The van der Waals surface area contributed by atoms with Gasteiger partial charge in [-0.25, -0.2) is 14.1 Å². The Bertz CT molecular complexity index is 988. The quantitative estimate of drug-likeness (QED) is 0.399. The van der Waals surface area contributed by atoms with E-state index >= 15 is 0 Å². The highest BCUT2D eigenvalue weighted by Crippen LogP contribution is 2.33. The van der Waals surface area contributed by atoms with Gasteiger partial charge in [-0.1, -0.05) is 0 Å². The Labute approximate surface area is 166 Å². The van der Waals surface area contributed by atoms with E-state index in [9.17, 15) is 23.9 Å². The Morgan fingerprint density at radius 1 is 1.19 bits per heavy atom. The number of nitrogens with one attached hydrogen (secondary N) is 1. The van der Waals surface area contributed by atoms with Crippen molar-refractivity contribution < 1.29 is 28.6 Å². The van der Waals surface area contributed by atoms with E-state index in [1.807, 2.05) is 22.6 Å². The number of amides is 4. The number of hydrogen-bond acceptors (Lipinski definition) is 5. The second-order valence-electron chi connectivity index (χ2n) is 5.49. The number of benzene rings is 2. The molecule has 0 saturated carbocycles. The molecule has 7 nitrogen and oxygen atoms in total. The van der Waals surface area contributed by atoms with Crippen LogP contribution in [0.15, 0.2) is 42.0 Å². The molecule has 0 unspecified atom stereocenters. The van der Waals surface area contributed by atoms with Crippen LogP contribution < -0.4 is 15.0 Å². The zero-order valence-electron chi connectivity index (χ0n) is 13.8. The van der Waals surface area contributed by atoms with E-state index in [1.54, 1.807) is 6.07 Å². The minimum atomic E-state index is -0.924. The molecule has 138 valence electrons. The number of rotatable bonds is 3. The summed E-state index contributed by atoms with van der Waals surface area (Å²) >= 11 is 1.88. The number of anilines is 1. The summed E-state index contributed by atoms with van der Waals surface area (Å²) < 4.78 is 18.6. The van der Waals surface area contributed by atoms with Gasteiger partial charge in [-0.3, -0.25) is 14.9 Å². The molecule has 1 aliphatic rings. The number of phenols is 1. The normalized spacial score (nSPS) is 15.9. The highest BCUT2D eigenvalue weighted by Gasteiger charge is 2.36. The number of ether oxygens (including phenoxy) is 1. The average Bonchev–Trinajstić information content (AvgIpc) is 2.62. The van der Waals surface area contributed by atoms with Gasteiger partial charge in [0, 0.05) is 0 Å². The van der Waals surface area contributed by atoms with Gasteiger partial charge >= 0.3 is 6.03 Å². The summed E-state index contributed by atoms with van der Waals surface area (Å²) in [5.74, 6) is -2.13. The van der Waals surface area contributed by atoms with Crippen molar-refractivity contribution >= 4 is 52.2 Å². The fourth-order valence-corrected chi connectivity index (χ4v) is 3.11. The molecule has 0 bridgehead atoms. The van der Waals surface area contributed by atoms with Crippen molar-refractivity contribution in [2.24, 2.45) is 0 Å². The molecule has 1 saturated heterocycles. The fraction of sp³-hybridized carbons (Fsp3) is 0.0556. The average molecular weight is 482 g/mol. The third-order valence-electron chi connectivity index (χ3n) is 3.77. The van der Waals surface area contributed by atoms with Crippen molar-refractivity contribution in [1.82, 2.24) is 5.32 Å². The van der Waals surface area contributed by atoms with E-state index in [0.29, 0.717) is 9.13 Å². The second-order valence-corrected chi connectivity index (χ2v) is 6.65. The van der Waals surface area contributed by atoms with Crippen LogP contribution in [0.3, 0.4) is 0 Å². The highest BCUT2D eigenvalue weighted by molar-refractivity contribution is 14.1. The molecule has 27 heavy (non-hydrogen) atoms. The van der Waals surface area contributed by atoms with E-state index in [2.05, 4.69) is 5.32 Å². The molecule has 1 fully saturated rings. The van der Waals surface area contributed by atoms with Crippen molar-refractivity contribution in [3.63, 3.8) is 0 Å². The molecule has 0 atom stereocenters. The van der Waals surface area contributed by atoms with Gasteiger partial charge in [0.2, 0.25) is 0 Å². The van der Waals surface area contributed by atoms with Crippen LogP contribution in [0.4, 0.5) is 14.9 Å². The van der Waals surface area contributed by atoms with Gasteiger partial charge in [0.15, 0.2) is 11.5 Å². The smallest absolute Gasteiger partial charge is 0.335 e. The summed E-state index contributed by atoms with van der Waals surface area (Å²) in [5.41, 5.74) is 0.249. The fourth-order valence-electron chi connectivity index (χ4n) is 2.48. The first-order chi connectivity index (χ1) is 12.8. The number of halogens is 2. The molecule has 1 aliphatic heterocycles. The first kappa shape index (κ1) is 18.8. The van der Waals surface area contributed by atoms with Crippen LogP contribution in [0.2, 0.25) is 0 Å². The van der Waals surface area contributed by atoms with Crippen molar-refractivity contribution in [1.29, 1.82) is 0 Å². The van der Waals surface area contributed by atoms with Gasteiger partial charge in [-0.15, -0.1) is 0 Å². The molecule has 1 heterocycles. The Balaban J connectivity index is 2.04. The number of barbiturate groups is 1. The minimum Gasteiger partial charge on any atom is -0.504 e. The van der Waals surface area contributed by atoms with E-state index in [4.69, 9.17) is 4.74 Å². The number of aromatic hydroxyl groups is 1. The lowest BCUT2D eigenvalue weighted by molar-refractivity contribution is -0.122. The van der Waals surface area contributed by atoms with Crippen molar-refractivity contribution in [3.8, 4) is 11.5 Å². The molecule has 0 aliphatic carbocycles. The largest absolute Gasteiger partial charge is 0.504 e. The number of phenolic OH excluding ortho intramolecular Hbond substituents is 1. The topological polar surface area (TPSA) is 95.9 Å². The van der Waals surface area contributed by atoms with Gasteiger partial charge in [0.1, 0.15) is 11.4 Å². The lowest BCUT2D eigenvalue weighted by atomic mass is 10.1. The Morgan fingerprint density at radius 2 is 1.85 bits per heavy atom. The molecule has 9 heteroatoms. The van der Waals surface area contributed by atoms with Crippen LogP contribution in [0.1, 0.15) is 5.56 Å². The molecule has 2 aromatic carbocycles. The number of nitrogens with zero attached hydrogens (tertiary/aromatic N) is 1. The lowest BCUT2D eigenvalue weighted by Crippen LogP contribution is -2.54. The second kappa shape index (κ2) is 7.35. The summed E-state index contributed by atoms with van der Waals surface area (Å²) in [6.07, 6.45) is 1.28. The molecule has 2 aromatic rings. The van der Waals surface area contributed by atoms with Crippen molar-refractivity contribution in [3.05, 3.63) is 56.9 Å². The number of methoxy groups -OCH3 is 1. The summed E-state index contributed by atoms with van der Waals surface area (Å²) in [6, 6.07) is 6.78. The zero-order chi connectivity index (χ0) is 19.7. The third-order valence-corrected chi connectivity index (χ3v) is 4.59. The number of carbonyl (C=O) groups excluding carboxylic acids is 3. The molecular weight excluding hydrogens is 470 g/mol. The Hall–Kier alpha value is -2.95. The molecule has 2 N–H and O–H groups in total. The minimum absolute atomic E-state index is 0.0669. The monoisotopic (exact) mass is 482 g/mol. The number of urea groups is 1. The van der Waals surface area contributed by atoms with Crippen molar-refractivity contribution in [2.75, 3.05) is 12.0 Å². The van der Waals surface area contributed by atoms with Crippen LogP contribution in [0.5, 0.6) is 11.5 Å². The molecule has 0 spiro atoms. The molecule has 4 amide bonds. The van der Waals surface area contributed by atoms with Crippen LogP contribution in [-0.2, 0) is 9.59 Å². The van der Waals surface area contributed by atoms with E-state index in [1.165, 1.54) is 31.4 Å². The standard InChI is InChI=1S/C18H12FIN2O5/c1-27-14-8-9(7-13(20)15(14)23)6-12-16(24)21-18(26)22(17(12)25)11-4-2-10(19)3-5-11/h2-8,23H,1H3,(H,21,24,26)/b12-6-. The lowest BCUT2D eigenvalue weighted by Gasteiger charge is -2.26. The molecule has 3 rings (SSSR count). The van der Waals surface area contributed by atoms with Crippen LogP contribution in [-0.4, -0.2) is 30.1 Å². The summed E-state index contributed by atoms with van der Waals surface area (Å²) in [7, 11) is 1.37. The van der Waals surface area contributed by atoms with Crippen LogP contribution in [0.25, 0.3) is 6.08 Å². The maximum absolute atomic E-state index is 13.1. The van der Waals surface area contributed by atoms with Crippen LogP contribution in [0, 0.1) is 9.39 Å². The first-order valence-electron chi connectivity index (χ1n) is 7.55. The highest BCUT2D eigenvalue weighted by atomic mass is 127. The third kappa shape index (κ3) is 3.63. The van der Waals surface area contributed by atoms with E-state index < -0.39 is 23.7 Å². The van der Waals surface area contributed by atoms with Gasteiger partial charge in [-0.05, 0) is 70.6 Å². The summed E-state index contributed by atoms with van der Waals surface area (Å²) in [5, 5.41) is 12.0. The number of carbonyl (C=O) groups is 3. The Morgan fingerprint density at radius 3 is 2.48 bits per heavy atom. The molecule has 0 aromatic heterocycles. The van der Waals surface area contributed by atoms with Gasteiger partial charge in [-0.2, -0.15) is 0 Å². The number of hydrogen-bond donors (Lipinski definition) is 2. The maximum Gasteiger partial charge on any atom is 0.335 e. The maximum atomic E-state index is 13.1. The van der Waals surface area contributed by atoms with E-state index in [0.717, 1.165) is 17.0 Å². The zero-order valence-corrected chi connectivity index (χ0v) is 16.0.